The molecule has 3 nitrogen and oxygen atoms in total. The number of hydrogen-bond acceptors (Lipinski definition) is 2. The van der Waals surface area contributed by atoms with Gasteiger partial charge >= 0.3 is 0 Å². The van der Waals surface area contributed by atoms with Crippen LogP contribution in [-0.4, -0.2) is 19.0 Å². The molecule has 1 amide bonds. The Balaban J connectivity index is 1.58. The van der Waals surface area contributed by atoms with E-state index in [0.717, 1.165) is 19.3 Å². The highest BCUT2D eigenvalue weighted by Gasteiger charge is 2.48. The molecule has 0 bridgehead atoms. The molecule has 0 heterocycles. The summed E-state index contributed by atoms with van der Waals surface area (Å²) < 4.78 is 0. The van der Waals surface area contributed by atoms with Crippen molar-refractivity contribution in [2.24, 2.45) is 11.1 Å². The number of nitrogens with one attached hydrogen (secondary N) is 1. The molecule has 20 heavy (non-hydrogen) atoms. The lowest BCUT2D eigenvalue weighted by atomic mass is 10.0. The van der Waals surface area contributed by atoms with Crippen molar-refractivity contribution in [1.82, 2.24) is 5.32 Å². The first kappa shape index (κ1) is 13.1. The summed E-state index contributed by atoms with van der Waals surface area (Å²) in [5.41, 5.74) is 6.66. The molecule has 3 rings (SSSR count). The zero-order chi connectivity index (χ0) is 14.0. The molecule has 1 aliphatic carbocycles. The third-order valence-corrected chi connectivity index (χ3v) is 4.24. The summed E-state index contributed by atoms with van der Waals surface area (Å²) in [5, 5.41) is 5.51. The van der Waals surface area contributed by atoms with E-state index in [2.05, 4.69) is 35.6 Å². The summed E-state index contributed by atoms with van der Waals surface area (Å²) in [4.78, 5) is 12.0. The van der Waals surface area contributed by atoms with Crippen molar-refractivity contribution in [2.45, 2.75) is 19.3 Å². The Labute approximate surface area is 119 Å². The summed E-state index contributed by atoms with van der Waals surface area (Å²) >= 11 is 0. The van der Waals surface area contributed by atoms with Gasteiger partial charge in [-0.2, -0.15) is 0 Å². The Kier molecular flexibility index (Phi) is 3.45. The number of carbonyl (C=O) groups excluding carboxylic acids is 1. The second-order valence-electron chi connectivity index (χ2n) is 5.67. The predicted molar refractivity (Wildman–Crippen MR) is 81.4 cm³/mol. The fourth-order valence-electron chi connectivity index (χ4n) is 2.58. The Bertz CT molecular complexity index is 632. The SMILES string of the molecule is NCC1(C(=O)NCCc2ccc3ccccc3c2)CC1. The summed E-state index contributed by atoms with van der Waals surface area (Å²) in [6.45, 7) is 1.15. The van der Waals surface area contributed by atoms with Crippen molar-refractivity contribution in [3.63, 3.8) is 0 Å². The standard InChI is InChI=1S/C17H20N2O/c18-12-17(8-9-17)16(20)19-10-7-13-5-6-14-3-1-2-4-15(14)11-13/h1-6,11H,7-10,12,18H2,(H,19,20). The Morgan fingerprint density at radius 1 is 1.15 bits per heavy atom. The summed E-state index contributed by atoms with van der Waals surface area (Å²) in [5.74, 6) is 0.126. The monoisotopic (exact) mass is 268 g/mol. The summed E-state index contributed by atoms with van der Waals surface area (Å²) in [6.07, 6.45) is 2.73. The highest BCUT2D eigenvalue weighted by Crippen LogP contribution is 2.44. The number of amides is 1. The van der Waals surface area contributed by atoms with Crippen LogP contribution in [0, 0.1) is 5.41 Å². The van der Waals surface area contributed by atoms with E-state index >= 15 is 0 Å². The maximum absolute atomic E-state index is 12.0. The van der Waals surface area contributed by atoms with Gasteiger partial charge in [-0.1, -0.05) is 42.5 Å². The summed E-state index contributed by atoms with van der Waals surface area (Å²) in [7, 11) is 0. The van der Waals surface area contributed by atoms with Crippen LogP contribution in [0.3, 0.4) is 0 Å². The fourth-order valence-corrected chi connectivity index (χ4v) is 2.58. The minimum absolute atomic E-state index is 0.126. The molecule has 2 aromatic rings. The van der Waals surface area contributed by atoms with Gasteiger partial charge in [0, 0.05) is 13.1 Å². The minimum Gasteiger partial charge on any atom is -0.355 e. The van der Waals surface area contributed by atoms with E-state index in [1.165, 1.54) is 16.3 Å². The maximum atomic E-state index is 12.0. The van der Waals surface area contributed by atoms with Crippen LogP contribution < -0.4 is 11.1 Å². The van der Waals surface area contributed by atoms with Crippen LogP contribution in [0.5, 0.6) is 0 Å². The number of nitrogens with two attached hydrogens (primary N) is 1. The lowest BCUT2D eigenvalue weighted by molar-refractivity contribution is -0.125. The second-order valence-corrected chi connectivity index (χ2v) is 5.67. The quantitative estimate of drug-likeness (QED) is 0.873. The molecule has 2 aromatic carbocycles. The number of benzene rings is 2. The maximum Gasteiger partial charge on any atom is 0.227 e. The van der Waals surface area contributed by atoms with Crippen LogP contribution in [0.1, 0.15) is 18.4 Å². The van der Waals surface area contributed by atoms with E-state index in [4.69, 9.17) is 5.73 Å². The molecular formula is C17H20N2O. The molecule has 0 atom stereocenters. The van der Waals surface area contributed by atoms with Gasteiger partial charge in [-0.05, 0) is 35.6 Å². The zero-order valence-corrected chi connectivity index (χ0v) is 11.6. The normalized spacial score (nSPS) is 16.1. The van der Waals surface area contributed by atoms with Crippen LogP contribution in [0.2, 0.25) is 0 Å². The third kappa shape index (κ3) is 2.54. The molecule has 0 aromatic heterocycles. The van der Waals surface area contributed by atoms with E-state index in [9.17, 15) is 4.79 Å². The molecule has 1 aliphatic rings. The van der Waals surface area contributed by atoms with E-state index in [1.807, 2.05) is 12.1 Å². The van der Waals surface area contributed by atoms with Crippen molar-refractivity contribution in [3.05, 3.63) is 48.0 Å². The van der Waals surface area contributed by atoms with Crippen LogP contribution in [0.15, 0.2) is 42.5 Å². The largest absolute Gasteiger partial charge is 0.355 e. The molecular weight excluding hydrogens is 248 g/mol. The van der Waals surface area contributed by atoms with Gasteiger partial charge in [-0.15, -0.1) is 0 Å². The number of carbonyl (C=O) groups is 1. The zero-order valence-electron chi connectivity index (χ0n) is 11.6. The number of hydrogen-bond donors (Lipinski definition) is 2. The number of fused-ring (bicyclic) bond motifs is 1. The Hall–Kier alpha value is -1.87. The van der Waals surface area contributed by atoms with Crippen LogP contribution in [-0.2, 0) is 11.2 Å². The lowest BCUT2D eigenvalue weighted by Crippen LogP contribution is -2.37. The topological polar surface area (TPSA) is 55.1 Å². The first-order chi connectivity index (χ1) is 9.73. The van der Waals surface area contributed by atoms with E-state index in [0.29, 0.717) is 13.1 Å². The molecule has 3 N–H and O–H groups in total. The third-order valence-electron chi connectivity index (χ3n) is 4.24. The van der Waals surface area contributed by atoms with Crippen LogP contribution >= 0.6 is 0 Å². The average Bonchev–Trinajstić information content (AvgIpc) is 3.28. The van der Waals surface area contributed by atoms with Crippen molar-refractivity contribution >= 4 is 16.7 Å². The molecule has 0 aliphatic heterocycles. The molecule has 0 radical (unpaired) electrons. The average molecular weight is 268 g/mol. The smallest absolute Gasteiger partial charge is 0.227 e. The van der Waals surface area contributed by atoms with Gasteiger partial charge in [-0.25, -0.2) is 0 Å². The molecule has 0 spiro atoms. The van der Waals surface area contributed by atoms with E-state index in [-0.39, 0.29) is 11.3 Å². The van der Waals surface area contributed by atoms with Crippen molar-refractivity contribution in [2.75, 3.05) is 13.1 Å². The fraction of sp³-hybridized carbons (Fsp3) is 0.353. The van der Waals surface area contributed by atoms with Gasteiger partial charge in [0.1, 0.15) is 0 Å². The first-order valence-corrected chi connectivity index (χ1v) is 7.20. The summed E-state index contributed by atoms with van der Waals surface area (Å²) in [6, 6.07) is 14.8. The molecule has 3 heteroatoms. The number of rotatable bonds is 5. The van der Waals surface area contributed by atoms with Gasteiger partial charge in [0.05, 0.1) is 5.41 Å². The van der Waals surface area contributed by atoms with Gasteiger partial charge < -0.3 is 11.1 Å². The minimum atomic E-state index is -0.247. The van der Waals surface area contributed by atoms with Gasteiger partial charge in [0.25, 0.3) is 0 Å². The predicted octanol–water partition coefficient (Wildman–Crippen LogP) is 2.24. The first-order valence-electron chi connectivity index (χ1n) is 7.20. The highest BCUT2D eigenvalue weighted by atomic mass is 16.2. The highest BCUT2D eigenvalue weighted by molar-refractivity contribution is 5.85. The van der Waals surface area contributed by atoms with Gasteiger partial charge in [0.2, 0.25) is 5.91 Å². The molecule has 104 valence electrons. The van der Waals surface area contributed by atoms with Crippen LogP contribution in [0.25, 0.3) is 10.8 Å². The van der Waals surface area contributed by atoms with E-state index < -0.39 is 0 Å². The second kappa shape index (κ2) is 5.25. The molecule has 0 saturated heterocycles. The lowest BCUT2D eigenvalue weighted by Gasteiger charge is -2.12. The van der Waals surface area contributed by atoms with Gasteiger partial charge in [0.15, 0.2) is 0 Å². The molecule has 1 saturated carbocycles. The van der Waals surface area contributed by atoms with Gasteiger partial charge in [-0.3, -0.25) is 4.79 Å². The molecule has 1 fully saturated rings. The Morgan fingerprint density at radius 2 is 1.90 bits per heavy atom. The van der Waals surface area contributed by atoms with Crippen molar-refractivity contribution in [3.8, 4) is 0 Å². The Morgan fingerprint density at radius 3 is 2.60 bits per heavy atom. The van der Waals surface area contributed by atoms with E-state index in [1.54, 1.807) is 0 Å². The molecule has 0 unspecified atom stereocenters. The van der Waals surface area contributed by atoms with Crippen molar-refractivity contribution < 1.29 is 4.79 Å². The van der Waals surface area contributed by atoms with Crippen LogP contribution in [0.4, 0.5) is 0 Å². The van der Waals surface area contributed by atoms with Crippen molar-refractivity contribution in [1.29, 1.82) is 0 Å².